The molecule has 4 N–H and O–H groups in total. The maximum Gasteiger partial charge on any atom is 0.327 e. The van der Waals surface area contributed by atoms with Crippen LogP contribution < -0.4 is 5.73 Å². The van der Waals surface area contributed by atoms with Crippen molar-refractivity contribution in [2.45, 2.75) is 12.5 Å². The Bertz CT molecular complexity index is 208. The molecule has 11 heavy (non-hydrogen) atoms. The number of rotatable bonds is 1. The van der Waals surface area contributed by atoms with Crippen LogP contribution in [0.4, 0.5) is 0 Å². The van der Waals surface area contributed by atoms with Gasteiger partial charge < -0.3 is 15.7 Å². The van der Waals surface area contributed by atoms with Gasteiger partial charge in [0.2, 0.25) is 0 Å². The lowest BCUT2D eigenvalue weighted by atomic mass is 9.91. The van der Waals surface area contributed by atoms with Gasteiger partial charge in [-0.15, -0.1) is 0 Å². The summed E-state index contributed by atoms with van der Waals surface area (Å²) in [4.78, 5) is 12.1. The maximum atomic E-state index is 10.4. The highest BCUT2D eigenvalue weighted by Crippen LogP contribution is 2.17. The number of nitrogens with zero attached hydrogens (tertiary/aromatic N) is 1. The molecule has 0 aromatic rings. The normalized spacial score (nSPS) is 20.7. The van der Waals surface area contributed by atoms with Crippen LogP contribution in [-0.4, -0.2) is 40.4 Å². The first-order chi connectivity index (χ1) is 4.96. The van der Waals surface area contributed by atoms with E-state index in [1.807, 2.05) is 0 Å². The van der Waals surface area contributed by atoms with Crippen molar-refractivity contribution in [3.05, 3.63) is 0 Å². The molecular formula is C6H11N3O2. The number of likely N-dealkylation sites (tertiary alicyclic amines) is 1. The zero-order valence-electron chi connectivity index (χ0n) is 6.29. The van der Waals surface area contributed by atoms with E-state index >= 15 is 0 Å². The minimum Gasteiger partial charge on any atom is -0.480 e. The number of nitrogens with two attached hydrogens (primary N) is 1. The van der Waals surface area contributed by atoms with Gasteiger partial charge in [-0.25, -0.2) is 0 Å². The first kappa shape index (κ1) is 8.00. The van der Waals surface area contributed by atoms with E-state index in [-0.39, 0.29) is 13.1 Å². The van der Waals surface area contributed by atoms with Crippen LogP contribution in [0.1, 0.15) is 6.92 Å². The molecule has 0 atom stereocenters. The fourth-order valence-electron chi connectivity index (χ4n) is 1.01. The van der Waals surface area contributed by atoms with Crippen molar-refractivity contribution in [1.82, 2.24) is 4.90 Å². The van der Waals surface area contributed by atoms with Gasteiger partial charge in [-0.1, -0.05) is 0 Å². The Kier molecular flexibility index (Phi) is 1.60. The molecule has 0 aromatic heterocycles. The lowest BCUT2D eigenvalue weighted by molar-refractivity contribution is -0.148. The molecule has 1 heterocycles. The van der Waals surface area contributed by atoms with Gasteiger partial charge in [0.1, 0.15) is 5.54 Å². The SMILES string of the molecule is CC(=N)N1CC(N)(C(=O)O)C1. The topological polar surface area (TPSA) is 90.4 Å². The third-order valence-electron chi connectivity index (χ3n) is 1.85. The van der Waals surface area contributed by atoms with E-state index in [1.165, 1.54) is 0 Å². The summed E-state index contributed by atoms with van der Waals surface area (Å²) in [5, 5.41) is 15.7. The lowest BCUT2D eigenvalue weighted by Crippen LogP contribution is -2.72. The number of carbonyl (C=O) groups is 1. The van der Waals surface area contributed by atoms with E-state index in [0.717, 1.165) is 0 Å². The van der Waals surface area contributed by atoms with Gasteiger partial charge in [-0.2, -0.15) is 0 Å². The van der Waals surface area contributed by atoms with E-state index < -0.39 is 11.5 Å². The van der Waals surface area contributed by atoms with Crippen LogP contribution in [0.25, 0.3) is 0 Å². The minimum absolute atomic E-state index is 0.248. The molecule has 1 aliphatic rings. The summed E-state index contributed by atoms with van der Waals surface area (Å²) >= 11 is 0. The predicted molar refractivity (Wildman–Crippen MR) is 39.5 cm³/mol. The van der Waals surface area contributed by atoms with Crippen LogP contribution in [-0.2, 0) is 4.79 Å². The van der Waals surface area contributed by atoms with Crippen LogP contribution in [0.3, 0.4) is 0 Å². The zero-order chi connectivity index (χ0) is 8.65. The second kappa shape index (κ2) is 2.20. The summed E-state index contributed by atoms with van der Waals surface area (Å²) in [6, 6.07) is 0. The molecule has 1 saturated heterocycles. The Morgan fingerprint density at radius 2 is 2.18 bits per heavy atom. The molecule has 0 radical (unpaired) electrons. The molecule has 0 saturated carbocycles. The van der Waals surface area contributed by atoms with Crippen LogP contribution in [0, 0.1) is 5.41 Å². The molecule has 0 bridgehead atoms. The molecule has 0 spiro atoms. The minimum atomic E-state index is -1.12. The van der Waals surface area contributed by atoms with Crippen LogP contribution >= 0.6 is 0 Å². The molecule has 0 amide bonds. The molecule has 1 fully saturated rings. The summed E-state index contributed by atoms with van der Waals surface area (Å²) in [5.74, 6) is -0.623. The van der Waals surface area contributed by atoms with E-state index in [0.29, 0.717) is 5.84 Å². The number of nitrogens with one attached hydrogen (secondary N) is 1. The average molecular weight is 157 g/mol. The summed E-state index contributed by atoms with van der Waals surface area (Å²) in [6.07, 6.45) is 0. The molecule has 0 unspecified atom stereocenters. The highest BCUT2D eigenvalue weighted by Gasteiger charge is 2.46. The highest BCUT2D eigenvalue weighted by atomic mass is 16.4. The summed E-state index contributed by atoms with van der Waals surface area (Å²) in [5.41, 5.74) is 4.31. The lowest BCUT2D eigenvalue weighted by Gasteiger charge is -2.45. The molecule has 62 valence electrons. The Morgan fingerprint density at radius 3 is 2.45 bits per heavy atom. The van der Waals surface area contributed by atoms with Crippen LogP contribution in [0.2, 0.25) is 0 Å². The van der Waals surface area contributed by atoms with Crippen LogP contribution in [0.15, 0.2) is 0 Å². The monoisotopic (exact) mass is 157 g/mol. The van der Waals surface area contributed by atoms with Gasteiger partial charge in [0, 0.05) is 13.1 Å². The Labute approximate surface area is 64.3 Å². The predicted octanol–water partition coefficient (Wildman–Crippen LogP) is -0.919. The zero-order valence-corrected chi connectivity index (χ0v) is 6.29. The number of carboxylic acid groups (broad SMARTS) is 1. The average Bonchev–Trinajstić information content (AvgIpc) is 1.79. The number of hydrogen-bond acceptors (Lipinski definition) is 3. The molecule has 5 nitrogen and oxygen atoms in total. The Morgan fingerprint density at radius 1 is 1.73 bits per heavy atom. The summed E-state index contributed by atoms with van der Waals surface area (Å²) in [6.45, 7) is 2.11. The molecule has 5 heteroatoms. The van der Waals surface area contributed by atoms with Crippen molar-refractivity contribution in [1.29, 1.82) is 5.41 Å². The van der Waals surface area contributed by atoms with Crippen molar-refractivity contribution < 1.29 is 9.90 Å². The first-order valence-corrected chi connectivity index (χ1v) is 3.28. The molecular weight excluding hydrogens is 146 g/mol. The van der Waals surface area contributed by atoms with Gasteiger partial charge in [-0.05, 0) is 6.92 Å². The second-order valence-electron chi connectivity index (χ2n) is 2.90. The number of amidine groups is 1. The van der Waals surface area contributed by atoms with E-state index in [4.69, 9.17) is 16.2 Å². The van der Waals surface area contributed by atoms with Crippen molar-refractivity contribution in [3.8, 4) is 0 Å². The number of hydrogen-bond donors (Lipinski definition) is 3. The molecule has 1 aliphatic heterocycles. The third kappa shape index (κ3) is 1.19. The molecule has 0 aromatic carbocycles. The van der Waals surface area contributed by atoms with Gasteiger partial charge in [0.25, 0.3) is 0 Å². The Hall–Kier alpha value is -1.10. The highest BCUT2D eigenvalue weighted by molar-refractivity contribution is 5.86. The third-order valence-corrected chi connectivity index (χ3v) is 1.85. The number of aliphatic carboxylic acids is 1. The van der Waals surface area contributed by atoms with E-state index in [1.54, 1.807) is 11.8 Å². The standard InChI is InChI=1S/C6H11N3O2/c1-4(7)9-2-6(8,3-9)5(10)11/h7H,2-3,8H2,1H3,(H,10,11). The van der Waals surface area contributed by atoms with Gasteiger partial charge >= 0.3 is 5.97 Å². The number of carboxylic acids is 1. The van der Waals surface area contributed by atoms with Crippen molar-refractivity contribution >= 4 is 11.8 Å². The van der Waals surface area contributed by atoms with Gasteiger partial charge in [0.05, 0.1) is 5.84 Å². The molecule has 1 rings (SSSR count). The van der Waals surface area contributed by atoms with E-state index in [9.17, 15) is 4.79 Å². The summed E-state index contributed by atoms with van der Waals surface area (Å²) < 4.78 is 0. The largest absolute Gasteiger partial charge is 0.480 e. The van der Waals surface area contributed by atoms with E-state index in [2.05, 4.69) is 0 Å². The quantitative estimate of drug-likeness (QED) is 0.339. The van der Waals surface area contributed by atoms with Gasteiger partial charge in [0.15, 0.2) is 0 Å². The Balaban J connectivity index is 2.50. The summed E-state index contributed by atoms with van der Waals surface area (Å²) in [7, 11) is 0. The van der Waals surface area contributed by atoms with Crippen LogP contribution in [0.5, 0.6) is 0 Å². The fraction of sp³-hybridized carbons (Fsp3) is 0.667. The second-order valence-corrected chi connectivity index (χ2v) is 2.90. The van der Waals surface area contributed by atoms with Gasteiger partial charge in [-0.3, -0.25) is 10.2 Å². The first-order valence-electron chi connectivity index (χ1n) is 3.28. The maximum absolute atomic E-state index is 10.4. The smallest absolute Gasteiger partial charge is 0.327 e. The fourth-order valence-corrected chi connectivity index (χ4v) is 1.01. The van der Waals surface area contributed by atoms with Crippen molar-refractivity contribution in [2.75, 3.05) is 13.1 Å². The molecule has 0 aliphatic carbocycles. The van der Waals surface area contributed by atoms with Crippen molar-refractivity contribution in [2.24, 2.45) is 5.73 Å². The van der Waals surface area contributed by atoms with Crippen molar-refractivity contribution in [3.63, 3.8) is 0 Å².